The van der Waals surface area contributed by atoms with E-state index in [0.29, 0.717) is 13.0 Å². The van der Waals surface area contributed by atoms with Crippen molar-refractivity contribution in [3.63, 3.8) is 0 Å². The molecule has 2 unspecified atom stereocenters. The van der Waals surface area contributed by atoms with Crippen LogP contribution in [0, 0.1) is 23.2 Å². The largest absolute Gasteiger partial charge is 0.459 e. The minimum absolute atomic E-state index is 0.0723. The van der Waals surface area contributed by atoms with Gasteiger partial charge in [0.1, 0.15) is 5.60 Å². The van der Waals surface area contributed by atoms with Gasteiger partial charge in [0.25, 0.3) is 0 Å². The molecule has 0 amide bonds. The smallest absolute Gasteiger partial charge is 0.314 e. The first-order chi connectivity index (χ1) is 12.3. The molecule has 0 heterocycles. The van der Waals surface area contributed by atoms with E-state index in [-0.39, 0.29) is 24.0 Å². The molecule has 5 heteroatoms. The lowest BCUT2D eigenvalue weighted by molar-refractivity contribution is -0.197. The van der Waals surface area contributed by atoms with Crippen molar-refractivity contribution in [2.75, 3.05) is 6.61 Å². The van der Waals surface area contributed by atoms with Crippen molar-refractivity contribution in [2.45, 2.75) is 91.0 Å². The summed E-state index contributed by atoms with van der Waals surface area (Å²) in [6.07, 6.45) is 6.97. The second kappa shape index (κ2) is 7.49. The molecule has 0 aromatic carbocycles. The number of rotatable bonds is 8. The van der Waals surface area contributed by atoms with Crippen LogP contribution in [0.15, 0.2) is 0 Å². The summed E-state index contributed by atoms with van der Waals surface area (Å²) < 4.78 is 16.7. The molecule has 0 radical (unpaired) electrons. The summed E-state index contributed by atoms with van der Waals surface area (Å²) >= 11 is 0. The summed E-state index contributed by atoms with van der Waals surface area (Å²) in [4.78, 5) is 25.3. The number of hydrogen-bond acceptors (Lipinski definition) is 5. The van der Waals surface area contributed by atoms with Crippen molar-refractivity contribution in [3.8, 4) is 0 Å². The van der Waals surface area contributed by atoms with Crippen molar-refractivity contribution >= 4 is 11.9 Å². The average molecular weight is 366 g/mol. The molecule has 0 spiro atoms. The van der Waals surface area contributed by atoms with E-state index < -0.39 is 11.7 Å². The van der Waals surface area contributed by atoms with Crippen LogP contribution >= 0.6 is 0 Å². The van der Waals surface area contributed by atoms with E-state index in [1.807, 2.05) is 13.8 Å². The topological polar surface area (TPSA) is 61.8 Å². The first-order valence-electron chi connectivity index (χ1n) is 10.3. The number of ether oxygens (including phenoxy) is 3. The maximum atomic E-state index is 12.8. The maximum Gasteiger partial charge on any atom is 0.314 e. The highest BCUT2D eigenvalue weighted by Gasteiger charge is 2.53. The quantitative estimate of drug-likeness (QED) is 0.475. The first-order valence-corrected chi connectivity index (χ1v) is 10.3. The molecule has 4 fully saturated rings. The molecular formula is C21H34O5. The van der Waals surface area contributed by atoms with Crippen LogP contribution in [0.4, 0.5) is 0 Å². The molecule has 4 aliphatic carbocycles. The van der Waals surface area contributed by atoms with Crippen molar-refractivity contribution in [1.82, 2.24) is 0 Å². The molecule has 4 rings (SSSR count). The van der Waals surface area contributed by atoms with Gasteiger partial charge in [-0.2, -0.15) is 0 Å². The predicted octanol–water partition coefficient (Wildman–Crippen LogP) is 4.23. The van der Waals surface area contributed by atoms with E-state index in [4.69, 9.17) is 14.2 Å². The summed E-state index contributed by atoms with van der Waals surface area (Å²) in [5.74, 6) is 1.54. The van der Waals surface area contributed by atoms with Crippen LogP contribution < -0.4 is 0 Å². The summed E-state index contributed by atoms with van der Waals surface area (Å²) in [7, 11) is 0. The molecule has 0 aromatic rings. The highest BCUT2D eigenvalue weighted by molar-refractivity contribution is 5.83. The molecule has 0 aliphatic heterocycles. The summed E-state index contributed by atoms with van der Waals surface area (Å²) in [5.41, 5.74) is -1.13. The van der Waals surface area contributed by atoms with Crippen LogP contribution in [0.1, 0.15) is 79.1 Å². The third kappa shape index (κ3) is 4.08. The highest BCUT2D eigenvalue weighted by Crippen LogP contribution is 2.57. The molecule has 4 saturated carbocycles. The van der Waals surface area contributed by atoms with Gasteiger partial charge in [-0.05, 0) is 83.5 Å². The summed E-state index contributed by atoms with van der Waals surface area (Å²) in [6.45, 7) is 7.72. The molecular weight excluding hydrogens is 332 g/mol. The highest BCUT2D eigenvalue weighted by atomic mass is 16.7. The van der Waals surface area contributed by atoms with E-state index in [0.717, 1.165) is 37.0 Å². The zero-order chi connectivity index (χ0) is 18.9. The molecule has 0 aromatic heterocycles. The standard InChI is InChI=1S/C21H34O5/c1-5-20(4,19(23)25-14(3)24-6-2)13-18(22)26-21-10-15-7-16(11-21)9-17(8-15)12-21/h14-17H,5-13H2,1-4H3. The fourth-order valence-corrected chi connectivity index (χ4v) is 5.66. The SMILES string of the molecule is CCOC(C)OC(=O)C(C)(CC)CC(=O)OC12CC3CC(CC(C3)C1)C2. The molecule has 0 N–H and O–H groups in total. The van der Waals surface area contributed by atoms with Crippen LogP contribution in [0.25, 0.3) is 0 Å². The Morgan fingerprint density at radius 1 is 1.08 bits per heavy atom. The Kier molecular flexibility index (Phi) is 5.66. The normalized spacial score (nSPS) is 35.6. The van der Waals surface area contributed by atoms with E-state index in [2.05, 4.69) is 0 Å². The van der Waals surface area contributed by atoms with Crippen LogP contribution in [0.5, 0.6) is 0 Å². The minimum atomic E-state index is -0.870. The van der Waals surface area contributed by atoms with Gasteiger partial charge in [0.2, 0.25) is 0 Å². The van der Waals surface area contributed by atoms with Gasteiger partial charge in [-0.1, -0.05) is 6.92 Å². The third-order valence-corrected chi connectivity index (χ3v) is 6.79. The predicted molar refractivity (Wildman–Crippen MR) is 97.2 cm³/mol. The lowest BCUT2D eigenvalue weighted by Crippen LogP contribution is -2.53. The van der Waals surface area contributed by atoms with Gasteiger partial charge < -0.3 is 14.2 Å². The Morgan fingerprint density at radius 2 is 1.62 bits per heavy atom. The molecule has 5 nitrogen and oxygen atoms in total. The van der Waals surface area contributed by atoms with Crippen molar-refractivity contribution in [2.24, 2.45) is 23.2 Å². The molecule has 0 saturated heterocycles. The lowest BCUT2D eigenvalue weighted by Gasteiger charge is -2.55. The summed E-state index contributed by atoms with van der Waals surface area (Å²) in [5, 5.41) is 0. The van der Waals surface area contributed by atoms with Gasteiger partial charge in [-0.3, -0.25) is 9.59 Å². The number of carbonyl (C=O) groups excluding carboxylic acids is 2. The van der Waals surface area contributed by atoms with Crippen LogP contribution in [-0.2, 0) is 23.8 Å². The zero-order valence-electron chi connectivity index (χ0n) is 16.7. The molecule has 4 aliphatic rings. The maximum absolute atomic E-state index is 12.8. The van der Waals surface area contributed by atoms with Gasteiger partial charge in [0.15, 0.2) is 6.29 Å². The number of esters is 2. The van der Waals surface area contributed by atoms with Crippen LogP contribution in [0.2, 0.25) is 0 Å². The number of hydrogen-bond donors (Lipinski definition) is 0. The Morgan fingerprint density at radius 3 is 2.08 bits per heavy atom. The van der Waals surface area contributed by atoms with Gasteiger partial charge in [0.05, 0.1) is 11.8 Å². The minimum Gasteiger partial charge on any atom is -0.459 e. The van der Waals surface area contributed by atoms with E-state index in [9.17, 15) is 9.59 Å². The van der Waals surface area contributed by atoms with Crippen molar-refractivity contribution in [3.05, 3.63) is 0 Å². The van der Waals surface area contributed by atoms with E-state index in [1.54, 1.807) is 13.8 Å². The van der Waals surface area contributed by atoms with Crippen LogP contribution in [-0.4, -0.2) is 30.4 Å². The summed E-state index contributed by atoms with van der Waals surface area (Å²) in [6, 6.07) is 0. The van der Waals surface area contributed by atoms with E-state index >= 15 is 0 Å². The van der Waals surface area contributed by atoms with Gasteiger partial charge >= 0.3 is 11.9 Å². The Labute approximate surface area is 157 Å². The second-order valence-electron chi connectivity index (χ2n) is 9.09. The Bertz CT molecular complexity index is 507. The van der Waals surface area contributed by atoms with Crippen molar-refractivity contribution < 1.29 is 23.8 Å². The molecule has 2 atom stereocenters. The van der Waals surface area contributed by atoms with Gasteiger partial charge in [0, 0.05) is 6.61 Å². The molecule has 4 bridgehead atoms. The zero-order valence-corrected chi connectivity index (χ0v) is 16.7. The Hall–Kier alpha value is -1.10. The average Bonchev–Trinajstić information content (AvgIpc) is 2.52. The fourth-order valence-electron chi connectivity index (χ4n) is 5.66. The van der Waals surface area contributed by atoms with E-state index in [1.165, 1.54) is 19.3 Å². The second-order valence-corrected chi connectivity index (χ2v) is 9.09. The Balaban J connectivity index is 1.60. The number of carbonyl (C=O) groups is 2. The fraction of sp³-hybridized carbons (Fsp3) is 0.905. The third-order valence-electron chi connectivity index (χ3n) is 6.79. The lowest BCUT2D eigenvalue weighted by atomic mass is 9.54. The van der Waals surface area contributed by atoms with Gasteiger partial charge in [-0.25, -0.2) is 0 Å². The van der Waals surface area contributed by atoms with Crippen LogP contribution in [0.3, 0.4) is 0 Å². The molecule has 26 heavy (non-hydrogen) atoms. The first kappa shape index (κ1) is 19.7. The molecule has 148 valence electrons. The van der Waals surface area contributed by atoms with Gasteiger partial charge in [-0.15, -0.1) is 0 Å². The monoisotopic (exact) mass is 366 g/mol. The van der Waals surface area contributed by atoms with Crippen molar-refractivity contribution in [1.29, 1.82) is 0 Å².